The molecular weight excluding hydrogens is 412 g/mol. The van der Waals surface area contributed by atoms with Crippen LogP contribution in [0.25, 0.3) is 16.7 Å². The van der Waals surface area contributed by atoms with Crippen LogP contribution in [0.5, 0.6) is 5.75 Å². The number of amides is 1. The Kier molecular flexibility index (Phi) is 5.55. The quantitative estimate of drug-likeness (QED) is 0.380. The van der Waals surface area contributed by atoms with Crippen LogP contribution in [0.15, 0.2) is 97.1 Å². The molecule has 0 atom stereocenters. The number of nitrogens with one attached hydrogen (secondary N) is 1. The third-order valence-corrected chi connectivity index (χ3v) is 5.31. The standard InChI is InChI=1S/C27H22N4O2/c1-19-15-25-26(30-31(29-25)22-12-6-3-7-13-22)17-24(19)28-27(32)21-11-8-14-23(16-21)33-18-20-9-4-2-5-10-20/h2-17H,18H2,1H3,(H,28,32). The predicted molar refractivity (Wildman–Crippen MR) is 129 cm³/mol. The van der Waals surface area contributed by atoms with Crippen molar-refractivity contribution in [2.75, 3.05) is 5.32 Å². The fraction of sp³-hybridized carbons (Fsp3) is 0.0741. The minimum Gasteiger partial charge on any atom is -0.489 e. The van der Waals surface area contributed by atoms with E-state index < -0.39 is 0 Å². The lowest BCUT2D eigenvalue weighted by atomic mass is 10.1. The summed E-state index contributed by atoms with van der Waals surface area (Å²) in [5, 5.41) is 12.1. The summed E-state index contributed by atoms with van der Waals surface area (Å²) >= 11 is 0. The van der Waals surface area contributed by atoms with Crippen LogP contribution in [0.3, 0.4) is 0 Å². The molecule has 4 aromatic carbocycles. The summed E-state index contributed by atoms with van der Waals surface area (Å²) in [7, 11) is 0. The van der Waals surface area contributed by atoms with E-state index in [1.54, 1.807) is 16.9 Å². The fourth-order valence-corrected chi connectivity index (χ4v) is 3.54. The van der Waals surface area contributed by atoms with Gasteiger partial charge in [-0.2, -0.15) is 4.80 Å². The number of aromatic nitrogens is 3. The first-order valence-corrected chi connectivity index (χ1v) is 10.7. The van der Waals surface area contributed by atoms with E-state index in [0.717, 1.165) is 22.3 Å². The first-order valence-electron chi connectivity index (χ1n) is 10.7. The van der Waals surface area contributed by atoms with Crippen LogP contribution in [0.1, 0.15) is 21.5 Å². The number of nitrogens with zero attached hydrogens (tertiary/aromatic N) is 3. The average Bonchev–Trinajstić information content (AvgIpc) is 3.27. The van der Waals surface area contributed by atoms with Gasteiger partial charge >= 0.3 is 0 Å². The summed E-state index contributed by atoms with van der Waals surface area (Å²) in [6.07, 6.45) is 0. The Balaban J connectivity index is 1.34. The molecule has 0 unspecified atom stereocenters. The Hall–Kier alpha value is -4.45. The Bertz CT molecular complexity index is 1410. The van der Waals surface area contributed by atoms with Gasteiger partial charge in [0.05, 0.1) is 5.69 Å². The molecule has 1 N–H and O–H groups in total. The van der Waals surface area contributed by atoms with E-state index in [2.05, 4.69) is 15.5 Å². The highest BCUT2D eigenvalue weighted by Gasteiger charge is 2.12. The highest BCUT2D eigenvalue weighted by molar-refractivity contribution is 6.05. The van der Waals surface area contributed by atoms with Gasteiger partial charge in [-0.1, -0.05) is 54.6 Å². The van der Waals surface area contributed by atoms with Gasteiger partial charge in [-0.3, -0.25) is 4.79 Å². The number of hydrogen-bond acceptors (Lipinski definition) is 4. The number of rotatable bonds is 6. The molecule has 162 valence electrons. The molecule has 0 saturated carbocycles. The van der Waals surface area contributed by atoms with Crippen molar-refractivity contribution in [3.05, 3.63) is 114 Å². The maximum absolute atomic E-state index is 12.9. The summed E-state index contributed by atoms with van der Waals surface area (Å²) in [4.78, 5) is 14.5. The highest BCUT2D eigenvalue weighted by atomic mass is 16.5. The Morgan fingerprint density at radius 1 is 0.848 bits per heavy atom. The fourth-order valence-electron chi connectivity index (χ4n) is 3.54. The number of fused-ring (bicyclic) bond motifs is 1. The summed E-state index contributed by atoms with van der Waals surface area (Å²) < 4.78 is 5.86. The lowest BCUT2D eigenvalue weighted by molar-refractivity contribution is 0.102. The van der Waals surface area contributed by atoms with Gasteiger partial charge in [0.15, 0.2) is 0 Å². The van der Waals surface area contributed by atoms with Crippen LogP contribution in [-0.4, -0.2) is 20.9 Å². The summed E-state index contributed by atoms with van der Waals surface area (Å²) in [6, 6.07) is 30.6. The molecule has 0 aliphatic heterocycles. The molecule has 0 saturated heterocycles. The number of anilines is 1. The molecule has 0 aliphatic carbocycles. The molecule has 33 heavy (non-hydrogen) atoms. The van der Waals surface area contributed by atoms with Crippen molar-refractivity contribution in [3.63, 3.8) is 0 Å². The molecule has 0 radical (unpaired) electrons. The zero-order valence-corrected chi connectivity index (χ0v) is 18.1. The molecule has 1 aromatic heterocycles. The number of aryl methyl sites for hydroxylation is 1. The van der Waals surface area contributed by atoms with E-state index >= 15 is 0 Å². The molecule has 5 aromatic rings. The number of hydrogen-bond donors (Lipinski definition) is 1. The summed E-state index contributed by atoms with van der Waals surface area (Å²) in [6.45, 7) is 2.38. The van der Waals surface area contributed by atoms with Crippen molar-refractivity contribution in [2.45, 2.75) is 13.5 Å². The van der Waals surface area contributed by atoms with Gasteiger partial charge in [0.2, 0.25) is 0 Å². The smallest absolute Gasteiger partial charge is 0.255 e. The molecule has 0 bridgehead atoms. The van der Waals surface area contributed by atoms with E-state index in [9.17, 15) is 4.79 Å². The van der Waals surface area contributed by atoms with E-state index in [-0.39, 0.29) is 5.91 Å². The topological polar surface area (TPSA) is 69.0 Å². The zero-order valence-electron chi connectivity index (χ0n) is 18.1. The van der Waals surface area contributed by atoms with E-state index in [0.29, 0.717) is 29.1 Å². The minimum atomic E-state index is -0.210. The number of benzene rings is 4. The first-order chi connectivity index (χ1) is 16.2. The van der Waals surface area contributed by atoms with Crippen LogP contribution in [0, 0.1) is 6.92 Å². The van der Waals surface area contributed by atoms with Crippen molar-refractivity contribution in [3.8, 4) is 11.4 Å². The van der Waals surface area contributed by atoms with Gasteiger partial charge in [-0.15, -0.1) is 10.2 Å². The molecule has 0 spiro atoms. The molecule has 6 heteroatoms. The van der Waals surface area contributed by atoms with E-state index in [4.69, 9.17) is 4.74 Å². The van der Waals surface area contributed by atoms with E-state index in [1.807, 2.05) is 91.9 Å². The second-order valence-electron chi connectivity index (χ2n) is 7.74. The number of ether oxygens (including phenoxy) is 1. The summed E-state index contributed by atoms with van der Waals surface area (Å²) in [5.41, 5.74) is 5.55. The van der Waals surface area contributed by atoms with Gasteiger partial charge in [0, 0.05) is 11.3 Å². The van der Waals surface area contributed by atoms with Crippen molar-refractivity contribution in [1.29, 1.82) is 0 Å². The van der Waals surface area contributed by atoms with E-state index in [1.165, 1.54) is 0 Å². The Labute approximate surface area is 191 Å². The molecule has 1 amide bonds. The third kappa shape index (κ3) is 4.60. The minimum absolute atomic E-state index is 0.210. The van der Waals surface area contributed by atoms with Crippen LogP contribution in [0.4, 0.5) is 5.69 Å². The Morgan fingerprint density at radius 3 is 2.30 bits per heavy atom. The highest BCUT2D eigenvalue weighted by Crippen LogP contribution is 2.23. The van der Waals surface area contributed by atoms with Gasteiger partial charge in [0.25, 0.3) is 5.91 Å². The van der Waals surface area contributed by atoms with Crippen molar-refractivity contribution in [1.82, 2.24) is 15.0 Å². The molecule has 6 nitrogen and oxygen atoms in total. The van der Waals surface area contributed by atoms with Crippen LogP contribution in [-0.2, 0) is 6.61 Å². The van der Waals surface area contributed by atoms with Gasteiger partial charge in [0.1, 0.15) is 23.4 Å². The third-order valence-electron chi connectivity index (χ3n) is 5.31. The van der Waals surface area contributed by atoms with Crippen LogP contribution in [0.2, 0.25) is 0 Å². The average molecular weight is 434 g/mol. The number of carbonyl (C=O) groups excluding carboxylic acids is 1. The van der Waals surface area contributed by atoms with Gasteiger partial charge in [-0.25, -0.2) is 0 Å². The largest absolute Gasteiger partial charge is 0.489 e. The van der Waals surface area contributed by atoms with Crippen molar-refractivity contribution < 1.29 is 9.53 Å². The number of carbonyl (C=O) groups is 1. The van der Waals surface area contributed by atoms with Crippen molar-refractivity contribution >= 4 is 22.6 Å². The molecule has 5 rings (SSSR count). The molecule has 0 aliphatic rings. The second-order valence-corrected chi connectivity index (χ2v) is 7.74. The van der Waals surface area contributed by atoms with Crippen LogP contribution < -0.4 is 10.1 Å². The van der Waals surface area contributed by atoms with Crippen molar-refractivity contribution in [2.24, 2.45) is 0 Å². The maximum Gasteiger partial charge on any atom is 0.255 e. The zero-order chi connectivity index (χ0) is 22.6. The van der Waals surface area contributed by atoms with Gasteiger partial charge in [-0.05, 0) is 60.5 Å². The second kappa shape index (κ2) is 8.96. The lowest BCUT2D eigenvalue weighted by Gasteiger charge is -2.10. The number of para-hydroxylation sites is 1. The lowest BCUT2D eigenvalue weighted by Crippen LogP contribution is -2.13. The summed E-state index contributed by atoms with van der Waals surface area (Å²) in [5.74, 6) is 0.433. The van der Waals surface area contributed by atoms with Crippen LogP contribution >= 0.6 is 0 Å². The molecule has 1 heterocycles. The predicted octanol–water partition coefficient (Wildman–Crippen LogP) is 5.56. The first kappa shape index (κ1) is 20.5. The van der Waals surface area contributed by atoms with Gasteiger partial charge < -0.3 is 10.1 Å². The maximum atomic E-state index is 12.9. The molecule has 0 fully saturated rings. The monoisotopic (exact) mass is 434 g/mol. The Morgan fingerprint density at radius 2 is 1.55 bits per heavy atom. The normalized spacial score (nSPS) is 10.8. The SMILES string of the molecule is Cc1cc2nn(-c3ccccc3)nc2cc1NC(=O)c1cccc(OCc2ccccc2)c1. The molecular formula is C27H22N4O2.